The maximum Gasteiger partial charge on any atom is 0.243 e. The van der Waals surface area contributed by atoms with Gasteiger partial charge in [0.1, 0.15) is 5.82 Å². The van der Waals surface area contributed by atoms with Gasteiger partial charge < -0.3 is 10.2 Å². The van der Waals surface area contributed by atoms with Crippen molar-refractivity contribution in [3.8, 4) is 0 Å². The fraction of sp³-hybridized carbons (Fsp3) is 0.182. The van der Waals surface area contributed by atoms with Crippen LogP contribution in [0.25, 0.3) is 0 Å². The Kier molecular flexibility index (Phi) is 4.16. The molecule has 0 aliphatic carbocycles. The molecule has 0 radical (unpaired) electrons. The highest BCUT2D eigenvalue weighted by atomic mass is 35.5. The summed E-state index contributed by atoms with van der Waals surface area (Å²) in [6, 6.07) is 4.04. The molecule has 0 atom stereocenters. The third-order valence-corrected chi connectivity index (χ3v) is 2.49. The summed E-state index contributed by atoms with van der Waals surface area (Å²) in [5, 5.41) is 3.12. The van der Waals surface area contributed by atoms with E-state index in [1.807, 2.05) is 0 Å². The number of halogens is 2. The molecule has 106 valence electrons. The summed E-state index contributed by atoms with van der Waals surface area (Å²) in [6.07, 6.45) is 0. The maximum atomic E-state index is 13.3. The average molecular weight is 298 g/mol. The highest BCUT2D eigenvalue weighted by Crippen LogP contribution is 2.21. The zero-order chi connectivity index (χ0) is 14.7. The van der Waals surface area contributed by atoms with Crippen LogP contribution in [-0.4, -0.2) is 29.0 Å². The minimum atomic E-state index is -0.459. The van der Waals surface area contributed by atoms with Crippen LogP contribution in [0, 0.1) is 5.82 Å². The number of hydrogen-bond acceptors (Lipinski definition) is 7. The molecule has 0 aliphatic rings. The largest absolute Gasteiger partial charge is 0.347 e. The van der Waals surface area contributed by atoms with Crippen molar-refractivity contribution in [2.75, 3.05) is 29.7 Å². The zero-order valence-electron chi connectivity index (χ0n) is 10.9. The Morgan fingerprint density at radius 3 is 2.45 bits per heavy atom. The van der Waals surface area contributed by atoms with E-state index in [-0.39, 0.29) is 16.9 Å². The molecule has 4 N–H and O–H groups in total. The summed E-state index contributed by atoms with van der Waals surface area (Å²) in [4.78, 5) is 13.9. The lowest BCUT2D eigenvalue weighted by Gasteiger charge is -2.13. The monoisotopic (exact) mass is 297 g/mol. The van der Waals surface area contributed by atoms with Gasteiger partial charge in [0.2, 0.25) is 17.8 Å². The van der Waals surface area contributed by atoms with Crippen molar-refractivity contribution in [1.29, 1.82) is 0 Å². The number of nitrogens with two attached hydrogens (primary N) is 1. The van der Waals surface area contributed by atoms with Crippen molar-refractivity contribution in [2.45, 2.75) is 0 Å². The second kappa shape index (κ2) is 5.85. The lowest BCUT2D eigenvalue weighted by molar-refractivity contribution is 0.628. The SMILES string of the molecule is CN(C)c1nc(NN)nc(Nc2cc(F)cc(Cl)c2)n1. The first-order valence-electron chi connectivity index (χ1n) is 5.61. The highest BCUT2D eigenvalue weighted by Gasteiger charge is 2.08. The van der Waals surface area contributed by atoms with E-state index in [0.717, 1.165) is 0 Å². The lowest BCUT2D eigenvalue weighted by Crippen LogP contribution is -2.18. The van der Waals surface area contributed by atoms with Crippen molar-refractivity contribution in [3.63, 3.8) is 0 Å². The van der Waals surface area contributed by atoms with Crippen molar-refractivity contribution in [1.82, 2.24) is 15.0 Å². The first-order chi connectivity index (χ1) is 9.47. The van der Waals surface area contributed by atoms with Gasteiger partial charge in [-0.2, -0.15) is 15.0 Å². The van der Waals surface area contributed by atoms with E-state index in [0.29, 0.717) is 11.6 Å². The first-order valence-corrected chi connectivity index (χ1v) is 5.99. The number of aromatic nitrogens is 3. The molecule has 1 aromatic carbocycles. The molecule has 1 aromatic heterocycles. The van der Waals surface area contributed by atoms with Gasteiger partial charge in [-0.15, -0.1) is 0 Å². The molecule has 9 heteroatoms. The molecule has 2 aromatic rings. The van der Waals surface area contributed by atoms with Crippen LogP contribution < -0.4 is 21.5 Å². The number of nitrogens with zero attached hydrogens (tertiary/aromatic N) is 4. The van der Waals surface area contributed by atoms with Gasteiger partial charge in [0, 0.05) is 24.8 Å². The molecule has 0 bridgehead atoms. The fourth-order valence-electron chi connectivity index (χ4n) is 1.44. The number of anilines is 4. The van der Waals surface area contributed by atoms with Gasteiger partial charge in [0.25, 0.3) is 0 Å². The molecule has 1 heterocycles. The molecule has 0 amide bonds. The van der Waals surface area contributed by atoms with Crippen molar-refractivity contribution < 1.29 is 4.39 Å². The number of hydrogen-bond donors (Lipinski definition) is 3. The minimum absolute atomic E-state index is 0.189. The second-order valence-corrected chi connectivity index (χ2v) is 4.54. The second-order valence-electron chi connectivity index (χ2n) is 4.10. The van der Waals surface area contributed by atoms with E-state index in [1.165, 1.54) is 12.1 Å². The summed E-state index contributed by atoms with van der Waals surface area (Å²) in [5.74, 6) is 5.65. The summed E-state index contributed by atoms with van der Waals surface area (Å²) in [6.45, 7) is 0. The Labute approximate surface area is 120 Å². The maximum absolute atomic E-state index is 13.3. The van der Waals surface area contributed by atoms with Gasteiger partial charge in [0.15, 0.2) is 0 Å². The van der Waals surface area contributed by atoms with E-state index < -0.39 is 5.82 Å². The molecular formula is C11H13ClFN7. The fourth-order valence-corrected chi connectivity index (χ4v) is 1.66. The standard InChI is InChI=1S/C11H13ClFN7/c1-20(2)11-17-9(16-10(18-11)19-14)15-8-4-6(12)3-7(13)5-8/h3-5H,14H2,1-2H3,(H2,15,16,17,18,19). The molecule has 0 spiro atoms. The molecule has 0 unspecified atom stereocenters. The van der Waals surface area contributed by atoms with Crippen LogP contribution in [0.2, 0.25) is 5.02 Å². The number of nitrogens with one attached hydrogen (secondary N) is 2. The number of benzene rings is 1. The van der Waals surface area contributed by atoms with E-state index in [4.69, 9.17) is 17.4 Å². The Bertz CT molecular complexity index is 599. The molecule has 7 nitrogen and oxygen atoms in total. The third-order valence-electron chi connectivity index (χ3n) is 2.27. The van der Waals surface area contributed by atoms with Crippen LogP contribution in [0.5, 0.6) is 0 Å². The van der Waals surface area contributed by atoms with E-state index in [9.17, 15) is 4.39 Å². The van der Waals surface area contributed by atoms with Gasteiger partial charge in [-0.05, 0) is 18.2 Å². The van der Waals surface area contributed by atoms with E-state index in [1.54, 1.807) is 25.1 Å². The summed E-state index contributed by atoms with van der Waals surface area (Å²) in [5.41, 5.74) is 2.77. The molecule has 20 heavy (non-hydrogen) atoms. The minimum Gasteiger partial charge on any atom is -0.347 e. The quantitative estimate of drug-likeness (QED) is 0.585. The van der Waals surface area contributed by atoms with Crippen LogP contribution in [0.4, 0.5) is 27.9 Å². The van der Waals surface area contributed by atoms with E-state index in [2.05, 4.69) is 25.7 Å². The molecule has 0 aliphatic heterocycles. The van der Waals surface area contributed by atoms with Gasteiger partial charge in [0.05, 0.1) is 0 Å². The number of hydrazine groups is 1. The van der Waals surface area contributed by atoms with Crippen molar-refractivity contribution in [2.24, 2.45) is 5.84 Å². The van der Waals surface area contributed by atoms with Crippen LogP contribution in [0.3, 0.4) is 0 Å². The number of rotatable bonds is 4. The molecule has 0 saturated heterocycles. The van der Waals surface area contributed by atoms with Gasteiger partial charge >= 0.3 is 0 Å². The van der Waals surface area contributed by atoms with Crippen LogP contribution in [0.15, 0.2) is 18.2 Å². The van der Waals surface area contributed by atoms with Crippen LogP contribution in [0.1, 0.15) is 0 Å². The molecule has 0 saturated carbocycles. The van der Waals surface area contributed by atoms with E-state index >= 15 is 0 Å². The summed E-state index contributed by atoms with van der Waals surface area (Å²) >= 11 is 5.78. The van der Waals surface area contributed by atoms with Crippen molar-refractivity contribution >= 4 is 35.1 Å². The molecule has 0 fully saturated rings. The van der Waals surface area contributed by atoms with Gasteiger partial charge in [-0.1, -0.05) is 11.6 Å². The number of nitrogen functional groups attached to an aromatic ring is 1. The Morgan fingerprint density at radius 2 is 1.85 bits per heavy atom. The average Bonchev–Trinajstić information content (AvgIpc) is 2.36. The third kappa shape index (κ3) is 3.43. The van der Waals surface area contributed by atoms with Gasteiger partial charge in [-0.25, -0.2) is 10.2 Å². The van der Waals surface area contributed by atoms with Crippen molar-refractivity contribution in [3.05, 3.63) is 29.0 Å². The Morgan fingerprint density at radius 1 is 1.15 bits per heavy atom. The van der Waals surface area contributed by atoms with Gasteiger partial charge in [-0.3, -0.25) is 5.43 Å². The Hall–Kier alpha value is -2.19. The predicted molar refractivity (Wildman–Crippen MR) is 76.7 cm³/mol. The molecule has 2 rings (SSSR count). The molecular weight excluding hydrogens is 285 g/mol. The first kappa shape index (κ1) is 14.2. The summed E-state index contributed by atoms with van der Waals surface area (Å²) < 4.78 is 13.3. The smallest absolute Gasteiger partial charge is 0.243 e. The lowest BCUT2D eigenvalue weighted by atomic mass is 10.3. The summed E-state index contributed by atoms with van der Waals surface area (Å²) in [7, 11) is 3.55. The topological polar surface area (TPSA) is 92.0 Å². The normalized spacial score (nSPS) is 10.2. The Balaban J connectivity index is 2.34. The zero-order valence-corrected chi connectivity index (χ0v) is 11.6. The van der Waals surface area contributed by atoms with Crippen LogP contribution in [-0.2, 0) is 0 Å². The van der Waals surface area contributed by atoms with Crippen LogP contribution >= 0.6 is 11.6 Å². The highest BCUT2D eigenvalue weighted by molar-refractivity contribution is 6.30. The predicted octanol–water partition coefficient (Wildman–Crippen LogP) is 1.76.